The Bertz CT molecular complexity index is 1240. The maximum atomic E-state index is 14.3. The first-order valence-electron chi connectivity index (χ1n) is 10.4. The predicted molar refractivity (Wildman–Crippen MR) is 118 cm³/mol. The van der Waals surface area contributed by atoms with Crippen molar-refractivity contribution in [2.24, 2.45) is 5.92 Å². The van der Waals surface area contributed by atoms with E-state index in [9.17, 15) is 23.0 Å². The summed E-state index contributed by atoms with van der Waals surface area (Å²) >= 11 is 0. The van der Waals surface area contributed by atoms with E-state index in [1.807, 2.05) is 19.9 Å². The van der Waals surface area contributed by atoms with E-state index in [4.69, 9.17) is 20.0 Å². The minimum Gasteiger partial charge on any atom is -0.489 e. The Balaban J connectivity index is 1.92. The zero-order chi connectivity index (χ0) is 25.1. The minimum absolute atomic E-state index is 0.0559. The molecule has 0 radical (unpaired) electrons. The van der Waals surface area contributed by atoms with Gasteiger partial charge in [-0.3, -0.25) is 0 Å². The number of ether oxygens (including phenoxy) is 2. The van der Waals surface area contributed by atoms with E-state index in [0.29, 0.717) is 0 Å². The third-order valence-electron chi connectivity index (χ3n) is 5.31. The number of nitrogens with zero attached hydrogens (tertiary/aromatic N) is 3. The Hall–Kier alpha value is -3.22. The Kier molecular flexibility index (Phi) is 7.44. The molecule has 34 heavy (non-hydrogen) atoms. The first kappa shape index (κ1) is 25.4. The van der Waals surface area contributed by atoms with Gasteiger partial charge in [0.2, 0.25) is 10.0 Å². The molecule has 1 heterocycles. The van der Waals surface area contributed by atoms with Gasteiger partial charge in [-0.05, 0) is 30.2 Å². The largest absolute Gasteiger partial charge is 0.489 e. The summed E-state index contributed by atoms with van der Waals surface area (Å²) in [7, 11) is -4.10. The van der Waals surface area contributed by atoms with Crippen LogP contribution in [-0.2, 0) is 10.0 Å². The summed E-state index contributed by atoms with van der Waals surface area (Å²) in [5, 5.41) is 38.8. The zero-order valence-corrected chi connectivity index (χ0v) is 19.4. The highest BCUT2D eigenvalue weighted by atomic mass is 32.2. The van der Waals surface area contributed by atoms with Crippen molar-refractivity contribution in [1.82, 2.24) is 4.31 Å². The molecular weight excluding hydrogens is 465 g/mol. The molecule has 180 valence electrons. The quantitative estimate of drug-likeness (QED) is 0.571. The van der Waals surface area contributed by atoms with Crippen LogP contribution in [0.4, 0.5) is 4.39 Å². The van der Waals surface area contributed by atoms with Crippen molar-refractivity contribution in [2.45, 2.75) is 30.4 Å². The van der Waals surface area contributed by atoms with Crippen molar-refractivity contribution in [3.63, 3.8) is 0 Å². The van der Waals surface area contributed by atoms with Gasteiger partial charge in [-0.15, -0.1) is 0 Å². The summed E-state index contributed by atoms with van der Waals surface area (Å²) in [6.07, 6.45) is -1.26. The van der Waals surface area contributed by atoms with Gasteiger partial charge in [0.05, 0.1) is 41.9 Å². The molecule has 0 aliphatic carbocycles. The van der Waals surface area contributed by atoms with Crippen LogP contribution in [0.1, 0.15) is 25.0 Å². The molecule has 1 saturated heterocycles. The van der Waals surface area contributed by atoms with Crippen LogP contribution < -0.4 is 9.47 Å². The van der Waals surface area contributed by atoms with E-state index >= 15 is 0 Å². The predicted octanol–water partition coefficient (Wildman–Crippen LogP) is 1.78. The molecule has 3 rings (SSSR count). The second kappa shape index (κ2) is 9.95. The van der Waals surface area contributed by atoms with Crippen LogP contribution in [0.5, 0.6) is 11.5 Å². The highest BCUT2D eigenvalue weighted by molar-refractivity contribution is 7.89. The van der Waals surface area contributed by atoms with Crippen molar-refractivity contribution in [3.05, 3.63) is 53.3 Å². The number of hydrogen-bond donors (Lipinski definition) is 2. The lowest BCUT2D eigenvalue weighted by atomic mass is 10.0. The van der Waals surface area contributed by atoms with Crippen molar-refractivity contribution >= 4 is 10.0 Å². The van der Waals surface area contributed by atoms with Gasteiger partial charge in [0.25, 0.3) is 0 Å². The van der Waals surface area contributed by atoms with Gasteiger partial charge in [-0.2, -0.15) is 14.8 Å². The average Bonchev–Trinajstić information content (AvgIpc) is 3.16. The lowest BCUT2D eigenvalue weighted by molar-refractivity contribution is -0.0647. The standard InChI is InChI=1S/C23H24FN3O6S/c1-15(2)12-32-20-7-17(10-26)19(24)8-21(20)33-22-11-27(13-23(22,29)14-28)34(30,31)18-5-3-16(9-25)4-6-18/h3-8,15,22,28-29H,11-14H2,1-2H3/t22-,23+/m0/s1. The van der Waals surface area contributed by atoms with E-state index < -0.39 is 40.7 Å². The molecule has 0 bridgehead atoms. The molecular formula is C23H24FN3O6S. The topological polar surface area (TPSA) is 144 Å². The molecule has 2 atom stereocenters. The number of β-amino-alcohol motifs (C(OH)–C–C–N with tert-alkyl or cyclic N) is 1. The summed E-state index contributed by atoms with van der Waals surface area (Å²) in [4.78, 5) is -0.0992. The van der Waals surface area contributed by atoms with Crippen molar-refractivity contribution in [3.8, 4) is 23.6 Å². The number of sulfonamides is 1. The van der Waals surface area contributed by atoms with Crippen LogP contribution >= 0.6 is 0 Å². The van der Waals surface area contributed by atoms with Crippen LogP contribution in [0.15, 0.2) is 41.3 Å². The molecule has 1 aliphatic heterocycles. The van der Waals surface area contributed by atoms with Gasteiger partial charge in [-0.1, -0.05) is 13.8 Å². The molecule has 11 heteroatoms. The maximum Gasteiger partial charge on any atom is 0.243 e. The molecule has 0 saturated carbocycles. The van der Waals surface area contributed by atoms with Crippen molar-refractivity contribution in [1.29, 1.82) is 10.5 Å². The number of rotatable bonds is 8. The molecule has 2 aromatic rings. The maximum absolute atomic E-state index is 14.3. The van der Waals surface area contributed by atoms with Gasteiger partial charge >= 0.3 is 0 Å². The molecule has 0 aromatic heterocycles. The Morgan fingerprint density at radius 3 is 2.44 bits per heavy atom. The Labute approximate surface area is 197 Å². The minimum atomic E-state index is -4.10. The molecule has 0 unspecified atom stereocenters. The fourth-order valence-corrected chi connectivity index (χ4v) is 4.90. The van der Waals surface area contributed by atoms with E-state index in [-0.39, 0.29) is 46.6 Å². The average molecular weight is 490 g/mol. The number of aliphatic hydroxyl groups is 2. The summed E-state index contributed by atoms with van der Waals surface area (Å²) in [5.74, 6) is -0.841. The second-order valence-electron chi connectivity index (χ2n) is 8.40. The summed E-state index contributed by atoms with van der Waals surface area (Å²) in [6.45, 7) is 2.38. The van der Waals surface area contributed by atoms with Crippen LogP contribution in [0.2, 0.25) is 0 Å². The molecule has 1 fully saturated rings. The normalized spacial score (nSPS) is 20.6. The van der Waals surface area contributed by atoms with Crippen molar-refractivity contribution < 1.29 is 32.5 Å². The summed E-state index contributed by atoms with van der Waals surface area (Å²) in [6, 6.07) is 11.0. The van der Waals surface area contributed by atoms with Crippen molar-refractivity contribution in [2.75, 3.05) is 26.3 Å². The number of benzene rings is 2. The van der Waals surface area contributed by atoms with Gasteiger partial charge in [0.1, 0.15) is 23.6 Å². The summed E-state index contributed by atoms with van der Waals surface area (Å²) < 4.78 is 52.9. The van der Waals surface area contributed by atoms with E-state index in [1.54, 1.807) is 6.07 Å². The van der Waals surface area contributed by atoms with Crippen LogP contribution in [0.25, 0.3) is 0 Å². The monoisotopic (exact) mass is 489 g/mol. The SMILES string of the molecule is CC(C)COc1cc(C#N)c(F)cc1O[C@H]1CN(S(=O)(=O)c2ccc(C#N)cc2)C[C@@]1(O)CO. The number of halogens is 1. The van der Waals surface area contributed by atoms with Gasteiger partial charge < -0.3 is 19.7 Å². The smallest absolute Gasteiger partial charge is 0.243 e. The summed E-state index contributed by atoms with van der Waals surface area (Å²) in [5.41, 5.74) is -1.97. The second-order valence-corrected chi connectivity index (χ2v) is 10.3. The highest BCUT2D eigenvalue weighted by Gasteiger charge is 2.51. The highest BCUT2D eigenvalue weighted by Crippen LogP contribution is 2.36. The number of nitriles is 2. The third-order valence-corrected chi connectivity index (χ3v) is 7.14. The Morgan fingerprint density at radius 1 is 1.21 bits per heavy atom. The van der Waals surface area contributed by atoms with Gasteiger partial charge in [0, 0.05) is 18.7 Å². The first-order valence-corrected chi connectivity index (χ1v) is 11.8. The lowest BCUT2D eigenvalue weighted by Crippen LogP contribution is -2.48. The number of hydrogen-bond acceptors (Lipinski definition) is 8. The molecule has 0 amide bonds. The van der Waals surface area contributed by atoms with Gasteiger partial charge in [-0.25, -0.2) is 12.8 Å². The first-order chi connectivity index (χ1) is 16.0. The molecule has 1 aliphatic rings. The van der Waals surface area contributed by atoms with Gasteiger partial charge in [0.15, 0.2) is 11.5 Å². The van der Waals surface area contributed by atoms with E-state index in [1.165, 1.54) is 30.3 Å². The molecule has 2 N–H and O–H groups in total. The fourth-order valence-electron chi connectivity index (χ4n) is 3.39. The van der Waals surface area contributed by atoms with Crippen LogP contribution in [0.3, 0.4) is 0 Å². The molecule has 2 aromatic carbocycles. The van der Waals surface area contributed by atoms with Crippen LogP contribution in [0, 0.1) is 34.4 Å². The lowest BCUT2D eigenvalue weighted by Gasteiger charge is -2.28. The number of aliphatic hydroxyl groups excluding tert-OH is 1. The van der Waals surface area contributed by atoms with Crippen LogP contribution in [-0.4, -0.2) is 60.9 Å². The van der Waals surface area contributed by atoms with E-state index in [2.05, 4.69) is 0 Å². The molecule has 9 nitrogen and oxygen atoms in total. The third kappa shape index (κ3) is 5.13. The van der Waals surface area contributed by atoms with E-state index in [0.717, 1.165) is 10.4 Å². The Morgan fingerprint density at radius 2 is 1.88 bits per heavy atom. The zero-order valence-electron chi connectivity index (χ0n) is 18.6. The molecule has 0 spiro atoms. The fraction of sp³-hybridized carbons (Fsp3) is 0.391.